The van der Waals surface area contributed by atoms with Crippen LogP contribution < -0.4 is 4.80 Å². The predicted octanol–water partition coefficient (Wildman–Crippen LogP) is 3.39. The van der Waals surface area contributed by atoms with E-state index >= 15 is 0 Å². The molecule has 2 aromatic rings. The van der Waals surface area contributed by atoms with Gasteiger partial charge in [-0.15, -0.1) is 0 Å². The largest absolute Gasteiger partial charge is 0.466 e. The summed E-state index contributed by atoms with van der Waals surface area (Å²) in [5.74, 6) is -0.635. The smallest absolute Gasteiger partial charge is 0.307 e. The van der Waals surface area contributed by atoms with Gasteiger partial charge in [0.05, 0.1) is 23.2 Å². The number of ether oxygens (including phenoxy) is 1. The van der Waals surface area contributed by atoms with Crippen molar-refractivity contribution in [1.29, 1.82) is 0 Å². The van der Waals surface area contributed by atoms with Crippen molar-refractivity contribution in [2.24, 2.45) is 10.9 Å². The fourth-order valence-corrected chi connectivity index (χ4v) is 3.35. The van der Waals surface area contributed by atoms with Gasteiger partial charge in [0.2, 0.25) is 0 Å². The summed E-state index contributed by atoms with van der Waals surface area (Å²) in [6, 6.07) is 5.49. The second kappa shape index (κ2) is 7.75. The molecule has 0 saturated carbocycles. The molecule has 0 radical (unpaired) electrons. The molecular weight excluding hydrogens is 336 g/mol. The van der Waals surface area contributed by atoms with Crippen LogP contribution in [-0.4, -0.2) is 23.1 Å². The molecule has 0 atom stereocenters. The van der Waals surface area contributed by atoms with Crippen molar-refractivity contribution in [2.75, 3.05) is 6.61 Å². The highest BCUT2D eigenvalue weighted by molar-refractivity contribution is 7.16. The minimum Gasteiger partial charge on any atom is -0.466 e. The fraction of sp³-hybridized carbons (Fsp3) is 0.438. The zero-order chi connectivity index (χ0) is 17.0. The first kappa shape index (κ1) is 17.7. The summed E-state index contributed by atoms with van der Waals surface area (Å²) >= 11 is 7.42. The van der Waals surface area contributed by atoms with Crippen LogP contribution in [0.15, 0.2) is 23.2 Å². The van der Waals surface area contributed by atoms with Crippen LogP contribution in [-0.2, 0) is 20.9 Å². The van der Waals surface area contributed by atoms with E-state index in [1.807, 2.05) is 16.7 Å². The van der Waals surface area contributed by atoms with Gasteiger partial charge in [-0.3, -0.25) is 9.59 Å². The predicted molar refractivity (Wildman–Crippen MR) is 91.5 cm³/mol. The molecule has 1 heterocycles. The van der Waals surface area contributed by atoms with Crippen molar-refractivity contribution < 1.29 is 14.3 Å². The summed E-state index contributed by atoms with van der Waals surface area (Å²) < 4.78 is 7.76. The van der Waals surface area contributed by atoms with Crippen molar-refractivity contribution in [2.45, 2.75) is 33.7 Å². The molecule has 0 fully saturated rings. The maximum Gasteiger partial charge on any atom is 0.307 e. The molecule has 0 spiro atoms. The Morgan fingerprint density at radius 3 is 2.78 bits per heavy atom. The highest BCUT2D eigenvalue weighted by atomic mass is 35.5. The fourth-order valence-electron chi connectivity index (χ4n) is 2.01. The minimum absolute atomic E-state index is 0.178. The highest BCUT2D eigenvalue weighted by Gasteiger charge is 2.12. The first-order valence-corrected chi connectivity index (χ1v) is 8.65. The zero-order valence-electron chi connectivity index (χ0n) is 13.3. The van der Waals surface area contributed by atoms with Gasteiger partial charge in [0.25, 0.3) is 5.91 Å². The maximum absolute atomic E-state index is 12.0. The van der Waals surface area contributed by atoms with E-state index in [-0.39, 0.29) is 24.2 Å². The molecule has 5 nitrogen and oxygen atoms in total. The number of halogens is 1. The van der Waals surface area contributed by atoms with Gasteiger partial charge in [0.1, 0.15) is 0 Å². The molecule has 1 amide bonds. The molecule has 1 aromatic carbocycles. The number of rotatable bonds is 5. The van der Waals surface area contributed by atoms with Crippen LogP contribution in [0.5, 0.6) is 0 Å². The van der Waals surface area contributed by atoms with Crippen LogP contribution >= 0.6 is 22.9 Å². The summed E-state index contributed by atoms with van der Waals surface area (Å²) in [5, 5.41) is 0.623. The van der Waals surface area contributed by atoms with E-state index in [0.717, 1.165) is 10.2 Å². The van der Waals surface area contributed by atoms with E-state index in [1.165, 1.54) is 11.3 Å². The third-order valence-electron chi connectivity index (χ3n) is 3.19. The summed E-state index contributed by atoms with van der Waals surface area (Å²) in [6.07, 6.45) is 0.228. The number of carbonyl (C=O) groups is 2. The van der Waals surface area contributed by atoms with E-state index in [4.69, 9.17) is 16.3 Å². The van der Waals surface area contributed by atoms with Crippen molar-refractivity contribution in [1.82, 2.24) is 4.57 Å². The zero-order valence-corrected chi connectivity index (χ0v) is 14.9. The summed E-state index contributed by atoms with van der Waals surface area (Å²) in [7, 11) is 0. The number of carbonyl (C=O) groups excluding carboxylic acids is 2. The van der Waals surface area contributed by atoms with Gasteiger partial charge in [-0.25, -0.2) is 0 Å². The number of amides is 1. The monoisotopic (exact) mass is 354 g/mol. The summed E-state index contributed by atoms with van der Waals surface area (Å²) in [4.78, 5) is 28.3. The SMILES string of the molecule is CCOC(=O)CCn1c(=NC(=O)C(C)C)sc2cc(Cl)ccc21. The summed E-state index contributed by atoms with van der Waals surface area (Å²) in [6.45, 7) is 6.14. The number of esters is 1. The lowest BCUT2D eigenvalue weighted by atomic mass is 10.2. The first-order valence-electron chi connectivity index (χ1n) is 7.45. The number of hydrogen-bond acceptors (Lipinski definition) is 4. The Kier molecular flexibility index (Phi) is 5.96. The Morgan fingerprint density at radius 2 is 2.13 bits per heavy atom. The number of aryl methyl sites for hydroxylation is 1. The molecule has 7 heteroatoms. The molecule has 0 aliphatic rings. The molecule has 124 valence electrons. The van der Waals surface area contributed by atoms with Gasteiger partial charge in [-0.05, 0) is 25.1 Å². The second-order valence-corrected chi connectivity index (χ2v) is 6.75. The molecule has 0 aliphatic carbocycles. The number of nitrogens with zero attached hydrogens (tertiary/aromatic N) is 2. The molecule has 0 N–H and O–H groups in total. The van der Waals surface area contributed by atoms with Gasteiger partial charge < -0.3 is 9.30 Å². The van der Waals surface area contributed by atoms with E-state index in [9.17, 15) is 9.59 Å². The van der Waals surface area contributed by atoms with E-state index in [0.29, 0.717) is 23.0 Å². The quantitative estimate of drug-likeness (QED) is 0.773. The number of aromatic nitrogens is 1. The molecule has 1 aromatic heterocycles. The Hall–Kier alpha value is -1.66. The van der Waals surface area contributed by atoms with Crippen LogP contribution in [0.3, 0.4) is 0 Å². The van der Waals surface area contributed by atoms with Crippen LogP contribution in [0.2, 0.25) is 5.02 Å². The Morgan fingerprint density at radius 1 is 1.39 bits per heavy atom. The lowest BCUT2D eigenvalue weighted by Gasteiger charge is -2.05. The van der Waals surface area contributed by atoms with Crippen LogP contribution in [0, 0.1) is 5.92 Å². The van der Waals surface area contributed by atoms with Gasteiger partial charge in [-0.2, -0.15) is 4.99 Å². The van der Waals surface area contributed by atoms with Crippen molar-refractivity contribution >= 4 is 45.0 Å². The topological polar surface area (TPSA) is 60.7 Å². The average molecular weight is 355 g/mol. The third kappa shape index (κ3) is 4.42. The van der Waals surface area contributed by atoms with Crippen LogP contribution in [0.1, 0.15) is 27.2 Å². The molecule has 2 rings (SSSR count). The Bertz CT molecular complexity index is 792. The number of thiazole rings is 1. The molecule has 0 saturated heterocycles. The van der Waals surface area contributed by atoms with E-state index in [1.54, 1.807) is 26.8 Å². The van der Waals surface area contributed by atoms with Crippen LogP contribution in [0.25, 0.3) is 10.2 Å². The lowest BCUT2D eigenvalue weighted by Crippen LogP contribution is -2.20. The molecule has 0 bridgehead atoms. The van der Waals surface area contributed by atoms with Gasteiger partial charge in [0, 0.05) is 17.5 Å². The van der Waals surface area contributed by atoms with Gasteiger partial charge in [0.15, 0.2) is 4.80 Å². The number of benzene rings is 1. The normalized spacial score (nSPS) is 12.1. The van der Waals surface area contributed by atoms with Gasteiger partial charge >= 0.3 is 5.97 Å². The van der Waals surface area contributed by atoms with Crippen LogP contribution in [0.4, 0.5) is 0 Å². The second-order valence-electron chi connectivity index (χ2n) is 5.31. The van der Waals surface area contributed by atoms with E-state index < -0.39 is 0 Å². The summed E-state index contributed by atoms with van der Waals surface area (Å²) in [5.41, 5.74) is 0.902. The standard InChI is InChI=1S/C16H19ClN2O3S/c1-4-22-14(20)7-8-19-12-6-5-11(17)9-13(12)23-16(19)18-15(21)10(2)3/h5-6,9-10H,4,7-8H2,1-3H3. The highest BCUT2D eigenvalue weighted by Crippen LogP contribution is 2.22. The Labute approximate surface area is 143 Å². The molecule has 0 aliphatic heterocycles. The van der Waals surface area contributed by atoms with Gasteiger partial charge in [-0.1, -0.05) is 36.8 Å². The number of fused-ring (bicyclic) bond motifs is 1. The number of hydrogen-bond donors (Lipinski definition) is 0. The Balaban J connectivity index is 2.45. The lowest BCUT2D eigenvalue weighted by molar-refractivity contribution is -0.143. The first-order chi connectivity index (χ1) is 10.9. The van der Waals surface area contributed by atoms with Crippen molar-refractivity contribution in [3.8, 4) is 0 Å². The molecule has 23 heavy (non-hydrogen) atoms. The average Bonchev–Trinajstić information content (AvgIpc) is 2.81. The molecule has 0 unspecified atom stereocenters. The minimum atomic E-state index is -0.269. The molecular formula is C16H19ClN2O3S. The third-order valence-corrected chi connectivity index (χ3v) is 4.47. The van der Waals surface area contributed by atoms with Crippen molar-refractivity contribution in [3.05, 3.63) is 28.0 Å². The van der Waals surface area contributed by atoms with Crippen molar-refractivity contribution in [3.63, 3.8) is 0 Å². The maximum atomic E-state index is 12.0. The van der Waals surface area contributed by atoms with E-state index in [2.05, 4.69) is 4.99 Å².